The van der Waals surface area contributed by atoms with Gasteiger partial charge in [0.15, 0.2) is 0 Å². The van der Waals surface area contributed by atoms with Crippen LogP contribution in [0.3, 0.4) is 0 Å². The van der Waals surface area contributed by atoms with E-state index in [2.05, 4.69) is 36.6 Å². The molecular weight excluding hydrogens is 258 g/mol. The van der Waals surface area contributed by atoms with Crippen molar-refractivity contribution in [1.82, 2.24) is 9.80 Å². The molecule has 0 bridgehead atoms. The fraction of sp³-hybridized carbons (Fsp3) is 0.944. The van der Waals surface area contributed by atoms with Gasteiger partial charge in [0.05, 0.1) is 12.0 Å². The highest BCUT2D eigenvalue weighted by Gasteiger charge is 2.40. The van der Waals surface area contributed by atoms with Crippen molar-refractivity contribution in [3.05, 3.63) is 0 Å². The molecule has 3 aliphatic rings. The van der Waals surface area contributed by atoms with Crippen LogP contribution >= 0.6 is 0 Å². The molecule has 0 spiro atoms. The van der Waals surface area contributed by atoms with Crippen LogP contribution in [0.1, 0.15) is 52.9 Å². The number of rotatable bonds is 2. The quantitative estimate of drug-likeness (QED) is 0.782. The Kier molecular flexibility index (Phi) is 4.30. The molecule has 0 aromatic rings. The van der Waals surface area contributed by atoms with E-state index in [1.165, 1.54) is 51.9 Å². The first-order valence-electron chi connectivity index (χ1n) is 8.87. The number of hydrogen-bond donors (Lipinski definition) is 0. The average Bonchev–Trinajstić information content (AvgIpc) is 3.30. The van der Waals surface area contributed by atoms with Gasteiger partial charge in [0.2, 0.25) is 0 Å². The SMILES string of the molecule is CC(C)(C)C1CCC(C#N)C(N2CCN(C3CC3)CC2)C1. The Hall–Kier alpha value is -0.590. The molecule has 1 aliphatic heterocycles. The van der Waals surface area contributed by atoms with Crippen LogP contribution in [0.5, 0.6) is 0 Å². The fourth-order valence-corrected chi connectivity index (χ4v) is 4.36. The molecule has 0 N–H and O–H groups in total. The van der Waals surface area contributed by atoms with Gasteiger partial charge >= 0.3 is 0 Å². The largest absolute Gasteiger partial charge is 0.298 e. The van der Waals surface area contributed by atoms with Crippen molar-refractivity contribution in [3.63, 3.8) is 0 Å². The minimum absolute atomic E-state index is 0.260. The van der Waals surface area contributed by atoms with Gasteiger partial charge in [-0.2, -0.15) is 5.26 Å². The maximum atomic E-state index is 9.54. The van der Waals surface area contributed by atoms with Gasteiger partial charge in [-0.3, -0.25) is 9.80 Å². The first kappa shape index (κ1) is 15.3. The maximum Gasteiger partial charge on any atom is 0.0672 e. The number of piperazine rings is 1. The lowest BCUT2D eigenvalue weighted by atomic mass is 9.67. The topological polar surface area (TPSA) is 30.3 Å². The Morgan fingerprint density at radius 2 is 1.52 bits per heavy atom. The molecule has 0 radical (unpaired) electrons. The predicted octanol–water partition coefficient (Wildman–Crippen LogP) is 3.12. The van der Waals surface area contributed by atoms with Crippen LogP contribution < -0.4 is 0 Å². The molecule has 1 saturated heterocycles. The summed E-state index contributed by atoms with van der Waals surface area (Å²) in [5.41, 5.74) is 0.383. The zero-order valence-electron chi connectivity index (χ0n) is 14.0. The minimum atomic E-state index is 0.260. The summed E-state index contributed by atoms with van der Waals surface area (Å²) in [7, 11) is 0. The lowest BCUT2D eigenvalue weighted by Crippen LogP contribution is -2.54. The Bertz CT molecular complexity index is 394. The molecule has 0 aromatic heterocycles. The summed E-state index contributed by atoms with van der Waals surface area (Å²) >= 11 is 0. The van der Waals surface area contributed by atoms with Gasteiger partial charge in [-0.05, 0) is 43.4 Å². The fourth-order valence-electron chi connectivity index (χ4n) is 4.36. The smallest absolute Gasteiger partial charge is 0.0672 e. The second-order valence-electron chi connectivity index (χ2n) is 8.48. The highest BCUT2D eigenvalue weighted by Crippen LogP contribution is 2.42. The Balaban J connectivity index is 1.62. The molecule has 3 unspecified atom stereocenters. The summed E-state index contributed by atoms with van der Waals surface area (Å²) in [5, 5.41) is 9.54. The Morgan fingerprint density at radius 3 is 2.05 bits per heavy atom. The summed E-state index contributed by atoms with van der Waals surface area (Å²) in [4.78, 5) is 5.31. The van der Waals surface area contributed by atoms with E-state index >= 15 is 0 Å². The molecule has 21 heavy (non-hydrogen) atoms. The van der Waals surface area contributed by atoms with Gasteiger partial charge in [0.1, 0.15) is 0 Å². The van der Waals surface area contributed by atoms with Gasteiger partial charge in [-0.15, -0.1) is 0 Å². The van der Waals surface area contributed by atoms with E-state index in [4.69, 9.17) is 0 Å². The van der Waals surface area contributed by atoms with Crippen molar-refractivity contribution in [2.45, 2.75) is 65.0 Å². The van der Waals surface area contributed by atoms with Crippen molar-refractivity contribution in [2.75, 3.05) is 26.2 Å². The third-order valence-corrected chi connectivity index (χ3v) is 6.09. The van der Waals surface area contributed by atoms with Crippen LogP contribution in [-0.2, 0) is 0 Å². The standard InChI is InChI=1S/C18H31N3/c1-18(2,3)15-5-4-14(13-19)17(12-15)21-10-8-20(9-11-21)16-6-7-16/h14-17H,4-12H2,1-3H3. The highest BCUT2D eigenvalue weighted by molar-refractivity contribution is 5.00. The van der Waals surface area contributed by atoms with Crippen molar-refractivity contribution in [3.8, 4) is 6.07 Å². The Morgan fingerprint density at radius 1 is 0.905 bits per heavy atom. The molecule has 3 rings (SSSR count). The van der Waals surface area contributed by atoms with Gasteiger partial charge in [-0.1, -0.05) is 20.8 Å². The van der Waals surface area contributed by atoms with Crippen molar-refractivity contribution >= 4 is 0 Å². The molecule has 1 heterocycles. The van der Waals surface area contributed by atoms with Crippen molar-refractivity contribution < 1.29 is 0 Å². The summed E-state index contributed by atoms with van der Waals surface area (Å²) in [5.74, 6) is 1.03. The number of nitrogens with zero attached hydrogens (tertiary/aromatic N) is 3. The van der Waals surface area contributed by atoms with Crippen LogP contribution in [0.2, 0.25) is 0 Å². The van der Waals surface area contributed by atoms with E-state index in [0.29, 0.717) is 11.5 Å². The Labute approximate surface area is 130 Å². The predicted molar refractivity (Wildman–Crippen MR) is 85.9 cm³/mol. The zero-order chi connectivity index (χ0) is 15.0. The second-order valence-corrected chi connectivity index (χ2v) is 8.48. The van der Waals surface area contributed by atoms with Crippen molar-refractivity contribution in [2.24, 2.45) is 17.3 Å². The van der Waals surface area contributed by atoms with Crippen LogP contribution in [0.25, 0.3) is 0 Å². The summed E-state index contributed by atoms with van der Waals surface area (Å²) in [6.07, 6.45) is 6.39. The lowest BCUT2D eigenvalue weighted by molar-refractivity contribution is 0.0258. The molecule has 118 valence electrons. The molecule has 2 aliphatic carbocycles. The zero-order valence-corrected chi connectivity index (χ0v) is 14.0. The molecule has 3 atom stereocenters. The van der Waals surface area contributed by atoms with E-state index in [1.54, 1.807) is 0 Å². The molecule has 3 heteroatoms. The molecule has 3 nitrogen and oxygen atoms in total. The van der Waals surface area contributed by atoms with Crippen LogP contribution in [0.4, 0.5) is 0 Å². The molecule has 0 amide bonds. The molecular formula is C18H31N3. The first-order chi connectivity index (χ1) is 9.99. The lowest BCUT2D eigenvalue weighted by Gasteiger charge is -2.47. The van der Waals surface area contributed by atoms with E-state index < -0.39 is 0 Å². The van der Waals surface area contributed by atoms with Crippen LogP contribution in [-0.4, -0.2) is 48.1 Å². The minimum Gasteiger partial charge on any atom is -0.298 e. The van der Waals surface area contributed by atoms with Gasteiger partial charge < -0.3 is 0 Å². The van der Waals surface area contributed by atoms with E-state index in [1.807, 2.05) is 0 Å². The summed E-state index contributed by atoms with van der Waals surface area (Å²) in [6.45, 7) is 11.9. The van der Waals surface area contributed by atoms with E-state index in [0.717, 1.165) is 18.4 Å². The van der Waals surface area contributed by atoms with Gasteiger partial charge in [-0.25, -0.2) is 0 Å². The van der Waals surface area contributed by atoms with E-state index in [9.17, 15) is 5.26 Å². The van der Waals surface area contributed by atoms with E-state index in [-0.39, 0.29) is 5.92 Å². The van der Waals surface area contributed by atoms with Gasteiger partial charge in [0, 0.05) is 38.3 Å². The number of nitriles is 1. The normalized spacial score (nSPS) is 36.4. The summed E-state index contributed by atoms with van der Waals surface area (Å²) < 4.78 is 0. The third kappa shape index (κ3) is 3.43. The third-order valence-electron chi connectivity index (χ3n) is 6.09. The molecule has 3 fully saturated rings. The summed E-state index contributed by atoms with van der Waals surface area (Å²) in [6, 6.07) is 4.02. The van der Waals surface area contributed by atoms with Crippen LogP contribution in [0, 0.1) is 28.6 Å². The van der Waals surface area contributed by atoms with Crippen LogP contribution in [0.15, 0.2) is 0 Å². The highest BCUT2D eigenvalue weighted by atomic mass is 15.3. The average molecular weight is 289 g/mol. The molecule has 2 saturated carbocycles. The molecule has 0 aromatic carbocycles. The second kappa shape index (κ2) is 5.89. The van der Waals surface area contributed by atoms with Crippen molar-refractivity contribution in [1.29, 1.82) is 5.26 Å². The maximum absolute atomic E-state index is 9.54. The first-order valence-corrected chi connectivity index (χ1v) is 8.87. The number of hydrogen-bond acceptors (Lipinski definition) is 3. The van der Waals surface area contributed by atoms with Gasteiger partial charge in [0.25, 0.3) is 0 Å². The monoisotopic (exact) mass is 289 g/mol.